The van der Waals surface area contributed by atoms with E-state index in [0.29, 0.717) is 5.52 Å². The molecule has 5 nitrogen and oxygen atoms in total. The van der Waals surface area contributed by atoms with E-state index >= 15 is 0 Å². The van der Waals surface area contributed by atoms with Crippen LogP contribution in [0.1, 0.15) is 20.8 Å². The van der Waals surface area contributed by atoms with E-state index in [1.165, 1.54) is 0 Å². The molecule has 0 bridgehead atoms. The van der Waals surface area contributed by atoms with E-state index in [-0.39, 0.29) is 0 Å². The summed E-state index contributed by atoms with van der Waals surface area (Å²) in [5.74, 6) is 0. The van der Waals surface area contributed by atoms with E-state index in [2.05, 4.69) is 16.0 Å². The maximum absolute atomic E-state index is 12.3. The van der Waals surface area contributed by atoms with Crippen molar-refractivity contribution in [1.29, 1.82) is 0 Å². The second-order valence-corrected chi connectivity index (χ2v) is 4.57. The maximum Gasteiger partial charge on any atom is 0.249 e. The topological polar surface area (TPSA) is 63.0 Å². The molecular formula is C15H22N4O. The zero-order valence-corrected chi connectivity index (χ0v) is 12.3. The maximum atomic E-state index is 12.3. The highest BCUT2D eigenvalue weighted by molar-refractivity contribution is 5.98. The van der Waals surface area contributed by atoms with Gasteiger partial charge in [-0.05, 0) is 39.0 Å². The van der Waals surface area contributed by atoms with Crippen molar-refractivity contribution in [2.75, 3.05) is 35.6 Å². The number of hydrogen-bond acceptors (Lipinski definition) is 4. The zero-order valence-electron chi connectivity index (χ0n) is 12.3. The fraction of sp³-hybridized carbons (Fsp3) is 0.400. The van der Waals surface area contributed by atoms with Crippen LogP contribution >= 0.6 is 0 Å². The molecule has 0 aliphatic heterocycles. The van der Waals surface area contributed by atoms with Gasteiger partial charge < -0.3 is 21.2 Å². The first-order valence-corrected chi connectivity index (χ1v) is 7.12. The fourth-order valence-corrected chi connectivity index (χ4v) is 2.35. The van der Waals surface area contributed by atoms with E-state index in [1.54, 1.807) is 6.20 Å². The van der Waals surface area contributed by atoms with Gasteiger partial charge in [-0.1, -0.05) is 0 Å². The Morgan fingerprint density at radius 2 is 1.55 bits per heavy atom. The minimum absolute atomic E-state index is 0.673. The second kappa shape index (κ2) is 6.32. The van der Waals surface area contributed by atoms with Gasteiger partial charge in [0.25, 0.3) is 0 Å². The average Bonchev–Trinajstić information content (AvgIpc) is 2.42. The Morgan fingerprint density at radius 3 is 2.20 bits per heavy atom. The zero-order chi connectivity index (χ0) is 14.5. The number of fused-ring (bicyclic) bond motifs is 1. The predicted octanol–water partition coefficient (Wildman–Crippen LogP) is 2.77. The van der Waals surface area contributed by atoms with E-state index < -0.39 is 0 Å². The summed E-state index contributed by atoms with van der Waals surface area (Å²) in [6.07, 6.45) is 1.59. The van der Waals surface area contributed by atoms with Crippen molar-refractivity contribution in [3.8, 4) is 0 Å². The van der Waals surface area contributed by atoms with Crippen molar-refractivity contribution < 1.29 is 4.73 Å². The average molecular weight is 274 g/mol. The van der Waals surface area contributed by atoms with Crippen LogP contribution in [-0.2, 0) is 0 Å². The number of rotatable bonds is 6. The van der Waals surface area contributed by atoms with Crippen LogP contribution < -0.4 is 20.7 Å². The van der Waals surface area contributed by atoms with Gasteiger partial charge in [0.2, 0.25) is 11.7 Å². The van der Waals surface area contributed by atoms with Gasteiger partial charge in [0, 0.05) is 25.3 Å². The molecule has 1 heterocycles. The first-order chi connectivity index (χ1) is 9.71. The molecule has 108 valence electrons. The monoisotopic (exact) mass is 274 g/mol. The molecule has 0 aliphatic carbocycles. The third kappa shape index (κ3) is 2.71. The van der Waals surface area contributed by atoms with Gasteiger partial charge in [0.1, 0.15) is 11.4 Å². The lowest BCUT2D eigenvalue weighted by molar-refractivity contribution is -0.575. The minimum Gasteiger partial charge on any atom is -0.618 e. The van der Waals surface area contributed by atoms with Crippen molar-refractivity contribution >= 4 is 28.0 Å². The van der Waals surface area contributed by atoms with Crippen molar-refractivity contribution in [3.05, 3.63) is 29.6 Å². The highest BCUT2D eigenvalue weighted by Crippen LogP contribution is 2.29. The lowest BCUT2D eigenvalue weighted by Gasteiger charge is -2.14. The SMILES string of the molecule is CCNc1cc2c(NCC)ccc(NCC)c2[n+]([O-])c1. The number of hydrogen-bond donors (Lipinski definition) is 3. The van der Waals surface area contributed by atoms with Crippen LogP contribution in [0.4, 0.5) is 17.1 Å². The second-order valence-electron chi connectivity index (χ2n) is 4.57. The van der Waals surface area contributed by atoms with Crippen molar-refractivity contribution in [3.63, 3.8) is 0 Å². The smallest absolute Gasteiger partial charge is 0.249 e. The van der Waals surface area contributed by atoms with Crippen LogP contribution in [0.2, 0.25) is 0 Å². The molecule has 0 saturated heterocycles. The van der Waals surface area contributed by atoms with Crippen molar-refractivity contribution in [2.45, 2.75) is 20.8 Å². The first-order valence-electron chi connectivity index (χ1n) is 7.12. The Morgan fingerprint density at radius 1 is 0.950 bits per heavy atom. The van der Waals surface area contributed by atoms with Crippen LogP contribution in [0.15, 0.2) is 24.4 Å². The van der Waals surface area contributed by atoms with Crippen LogP contribution in [0, 0.1) is 5.21 Å². The molecule has 0 saturated carbocycles. The van der Waals surface area contributed by atoms with Gasteiger partial charge in [0.15, 0.2) is 0 Å². The van der Waals surface area contributed by atoms with Gasteiger partial charge >= 0.3 is 0 Å². The van der Waals surface area contributed by atoms with Crippen molar-refractivity contribution in [1.82, 2.24) is 0 Å². The van der Waals surface area contributed by atoms with Gasteiger partial charge in [0.05, 0.1) is 5.39 Å². The van der Waals surface area contributed by atoms with Crippen LogP contribution in [-0.4, -0.2) is 19.6 Å². The Balaban J connectivity index is 2.67. The molecule has 0 fully saturated rings. The third-order valence-corrected chi connectivity index (χ3v) is 3.11. The summed E-state index contributed by atoms with van der Waals surface area (Å²) in [5, 5.41) is 23.0. The molecule has 3 N–H and O–H groups in total. The largest absolute Gasteiger partial charge is 0.618 e. The number of anilines is 3. The molecule has 1 aromatic carbocycles. The van der Waals surface area contributed by atoms with Crippen LogP contribution in [0.5, 0.6) is 0 Å². The van der Waals surface area contributed by atoms with Crippen molar-refractivity contribution in [2.24, 2.45) is 0 Å². The molecule has 2 aromatic rings. The normalized spacial score (nSPS) is 10.6. The Kier molecular flexibility index (Phi) is 4.50. The molecule has 0 unspecified atom stereocenters. The highest BCUT2D eigenvalue weighted by Gasteiger charge is 2.15. The van der Waals surface area contributed by atoms with Gasteiger partial charge in [-0.2, -0.15) is 4.73 Å². The van der Waals surface area contributed by atoms with E-state index in [1.807, 2.05) is 39.0 Å². The number of aromatic nitrogens is 1. The quantitative estimate of drug-likeness (QED) is 0.560. The Labute approximate surface area is 119 Å². The standard InChI is InChI=1S/C15H22N4O/c1-4-16-11-9-12-13(17-5-2)7-8-14(18-6-3)15(12)19(20)10-11/h7-10,16-18H,4-6H2,1-3H3. The number of nitrogens with zero attached hydrogens (tertiary/aromatic N) is 1. The molecule has 0 amide bonds. The summed E-state index contributed by atoms with van der Waals surface area (Å²) in [4.78, 5) is 0. The summed E-state index contributed by atoms with van der Waals surface area (Å²) in [5.41, 5.74) is 3.35. The Bertz CT molecular complexity index is 598. The summed E-state index contributed by atoms with van der Waals surface area (Å²) in [7, 11) is 0. The molecule has 0 radical (unpaired) electrons. The van der Waals surface area contributed by atoms with Gasteiger partial charge in [-0.15, -0.1) is 0 Å². The molecular weight excluding hydrogens is 252 g/mol. The molecule has 0 aliphatic rings. The fourth-order valence-electron chi connectivity index (χ4n) is 2.35. The van der Waals surface area contributed by atoms with Crippen LogP contribution in [0.3, 0.4) is 0 Å². The minimum atomic E-state index is 0.673. The van der Waals surface area contributed by atoms with Crippen LogP contribution in [0.25, 0.3) is 10.9 Å². The third-order valence-electron chi connectivity index (χ3n) is 3.11. The number of benzene rings is 1. The number of nitrogens with one attached hydrogen (secondary N) is 3. The molecule has 1 aromatic heterocycles. The van der Waals surface area contributed by atoms with Gasteiger partial charge in [-0.3, -0.25) is 0 Å². The molecule has 0 atom stereocenters. The molecule has 2 rings (SSSR count). The highest BCUT2D eigenvalue weighted by atomic mass is 16.5. The molecule has 0 spiro atoms. The van der Waals surface area contributed by atoms with E-state index in [9.17, 15) is 5.21 Å². The van der Waals surface area contributed by atoms with E-state index in [4.69, 9.17) is 0 Å². The van der Waals surface area contributed by atoms with E-state index in [0.717, 1.165) is 46.8 Å². The summed E-state index contributed by atoms with van der Waals surface area (Å²) >= 11 is 0. The first kappa shape index (κ1) is 14.2. The summed E-state index contributed by atoms with van der Waals surface area (Å²) in [6.45, 7) is 8.47. The molecule has 5 heteroatoms. The lowest BCUT2D eigenvalue weighted by Crippen LogP contribution is -2.28. The number of pyridine rings is 1. The molecule has 20 heavy (non-hydrogen) atoms. The predicted molar refractivity (Wildman–Crippen MR) is 85.4 cm³/mol. The Hall–Kier alpha value is -2.17. The van der Waals surface area contributed by atoms with Gasteiger partial charge in [-0.25, -0.2) is 0 Å². The lowest BCUT2D eigenvalue weighted by atomic mass is 10.1. The summed E-state index contributed by atoms with van der Waals surface area (Å²) < 4.78 is 0.937. The summed E-state index contributed by atoms with van der Waals surface area (Å²) in [6, 6.07) is 5.98.